The van der Waals surface area contributed by atoms with Crippen molar-refractivity contribution in [1.82, 2.24) is 0 Å². The summed E-state index contributed by atoms with van der Waals surface area (Å²) in [5.74, 6) is -3.17. The molecule has 0 atom stereocenters. The highest BCUT2D eigenvalue weighted by Crippen LogP contribution is 2.48. The van der Waals surface area contributed by atoms with Gasteiger partial charge in [0.1, 0.15) is 10.8 Å². The molecule has 1 aromatic carbocycles. The molecule has 1 aromatic rings. The number of allylic oxidation sites excluding steroid dienone is 2. The molecule has 0 heterocycles. The number of carbonyl (C=O) groups is 2. The van der Waals surface area contributed by atoms with Crippen LogP contribution in [0.1, 0.15) is 20.7 Å². The van der Waals surface area contributed by atoms with Crippen LogP contribution in [0.3, 0.4) is 0 Å². The maximum absolute atomic E-state index is 12.0. The Kier molecular flexibility index (Phi) is 3.11. The van der Waals surface area contributed by atoms with Crippen molar-refractivity contribution in [3.8, 4) is 17.2 Å². The van der Waals surface area contributed by atoms with Gasteiger partial charge in [0.2, 0.25) is 5.78 Å². The largest absolute Gasteiger partial charge is 0.505 e. The van der Waals surface area contributed by atoms with E-state index >= 15 is 0 Å². The number of halogens is 1. The molecule has 19 heavy (non-hydrogen) atoms. The minimum Gasteiger partial charge on any atom is -0.505 e. The zero-order valence-corrected chi connectivity index (χ0v) is 10.7. The van der Waals surface area contributed by atoms with Crippen LogP contribution in [-0.4, -0.2) is 36.0 Å². The van der Waals surface area contributed by atoms with Gasteiger partial charge < -0.3 is 19.7 Å². The van der Waals surface area contributed by atoms with Crippen LogP contribution in [0.4, 0.5) is 0 Å². The molecular formula is C12H9ClO6. The summed E-state index contributed by atoms with van der Waals surface area (Å²) >= 11 is 5.77. The Morgan fingerprint density at radius 2 is 1.68 bits per heavy atom. The third-order valence-corrected chi connectivity index (χ3v) is 3.08. The fraction of sp³-hybridized carbons (Fsp3) is 0.167. The summed E-state index contributed by atoms with van der Waals surface area (Å²) in [7, 11) is 2.42. The first-order valence-electron chi connectivity index (χ1n) is 5.10. The average molecular weight is 285 g/mol. The zero-order chi connectivity index (χ0) is 14.3. The Morgan fingerprint density at radius 1 is 1.05 bits per heavy atom. The van der Waals surface area contributed by atoms with E-state index in [1.807, 2.05) is 0 Å². The van der Waals surface area contributed by atoms with Crippen molar-refractivity contribution in [2.45, 2.75) is 0 Å². The number of hydrogen-bond donors (Lipinski definition) is 2. The fourth-order valence-electron chi connectivity index (χ4n) is 1.85. The Labute approximate surface area is 112 Å². The molecule has 0 fully saturated rings. The summed E-state index contributed by atoms with van der Waals surface area (Å²) in [6.45, 7) is 0. The molecule has 0 unspecified atom stereocenters. The molecule has 0 saturated carbocycles. The predicted molar refractivity (Wildman–Crippen MR) is 65.1 cm³/mol. The molecule has 0 aromatic heterocycles. The lowest BCUT2D eigenvalue weighted by molar-refractivity contribution is 0.0911. The third kappa shape index (κ3) is 1.72. The van der Waals surface area contributed by atoms with Gasteiger partial charge >= 0.3 is 0 Å². The van der Waals surface area contributed by atoms with Crippen molar-refractivity contribution in [3.05, 3.63) is 28.0 Å². The van der Waals surface area contributed by atoms with Crippen molar-refractivity contribution < 1.29 is 29.3 Å². The molecule has 7 heteroatoms. The van der Waals surface area contributed by atoms with E-state index in [9.17, 15) is 19.8 Å². The molecule has 100 valence electrons. The molecule has 0 bridgehead atoms. The van der Waals surface area contributed by atoms with Gasteiger partial charge in [0.15, 0.2) is 23.0 Å². The van der Waals surface area contributed by atoms with Crippen LogP contribution < -0.4 is 4.74 Å². The van der Waals surface area contributed by atoms with E-state index in [1.54, 1.807) is 0 Å². The van der Waals surface area contributed by atoms with E-state index < -0.39 is 23.1 Å². The maximum atomic E-state index is 12.0. The van der Waals surface area contributed by atoms with Crippen LogP contribution in [-0.2, 0) is 4.74 Å². The summed E-state index contributed by atoms with van der Waals surface area (Å²) in [6, 6.07) is 0. The first kappa shape index (κ1) is 13.2. The molecule has 0 radical (unpaired) electrons. The van der Waals surface area contributed by atoms with Gasteiger partial charge in [-0.2, -0.15) is 0 Å². The highest BCUT2D eigenvalue weighted by atomic mass is 35.5. The number of phenolic OH excluding ortho intramolecular Hbond substituents is 2. The Hall–Kier alpha value is -2.21. The number of methoxy groups -OCH3 is 2. The molecular weight excluding hydrogens is 276 g/mol. The fourth-order valence-corrected chi connectivity index (χ4v) is 2.11. The lowest BCUT2D eigenvalue weighted by Crippen LogP contribution is -2.19. The highest BCUT2D eigenvalue weighted by Gasteiger charge is 2.36. The van der Waals surface area contributed by atoms with Gasteiger partial charge in [-0.25, -0.2) is 0 Å². The number of hydrogen-bond acceptors (Lipinski definition) is 6. The number of phenols is 2. The van der Waals surface area contributed by atoms with E-state index in [4.69, 9.17) is 21.1 Å². The lowest BCUT2D eigenvalue weighted by atomic mass is 9.91. The number of fused-ring (bicyclic) bond motifs is 1. The quantitative estimate of drug-likeness (QED) is 0.803. The van der Waals surface area contributed by atoms with Crippen molar-refractivity contribution >= 4 is 23.2 Å². The minimum absolute atomic E-state index is 0.239. The molecule has 0 amide bonds. The van der Waals surface area contributed by atoms with Gasteiger partial charge in [-0.3, -0.25) is 9.59 Å². The number of aromatic hydroxyl groups is 2. The monoisotopic (exact) mass is 284 g/mol. The Bertz CT molecular complexity index is 632. The van der Waals surface area contributed by atoms with Crippen LogP contribution in [0.5, 0.6) is 17.2 Å². The Morgan fingerprint density at radius 3 is 2.21 bits per heavy atom. The summed E-state index contributed by atoms with van der Waals surface area (Å²) in [6.07, 6.45) is 0.923. The number of Topliss-reactive ketones (excluding diaryl/α,β-unsaturated/α-hetero) is 1. The summed E-state index contributed by atoms with van der Waals surface area (Å²) in [4.78, 5) is 23.9. The summed E-state index contributed by atoms with van der Waals surface area (Å²) in [5, 5.41) is 19.5. The van der Waals surface area contributed by atoms with Gasteiger partial charge in [0.05, 0.1) is 25.3 Å². The first-order chi connectivity index (χ1) is 8.93. The predicted octanol–water partition coefficient (Wildman–Crippen LogP) is 1.67. The van der Waals surface area contributed by atoms with Crippen LogP contribution >= 0.6 is 11.6 Å². The van der Waals surface area contributed by atoms with Gasteiger partial charge in [-0.15, -0.1) is 0 Å². The van der Waals surface area contributed by atoms with Crippen LogP contribution in [0, 0.1) is 0 Å². The molecule has 1 aliphatic carbocycles. The van der Waals surface area contributed by atoms with E-state index in [2.05, 4.69) is 0 Å². The number of rotatable bonds is 2. The van der Waals surface area contributed by atoms with Crippen LogP contribution in [0.25, 0.3) is 0 Å². The van der Waals surface area contributed by atoms with E-state index in [-0.39, 0.29) is 27.7 Å². The van der Waals surface area contributed by atoms with Crippen molar-refractivity contribution in [1.29, 1.82) is 0 Å². The van der Waals surface area contributed by atoms with Gasteiger partial charge in [0, 0.05) is 6.08 Å². The minimum atomic E-state index is -0.736. The molecule has 0 spiro atoms. The highest BCUT2D eigenvalue weighted by molar-refractivity contribution is 6.36. The number of ether oxygens (including phenoxy) is 2. The van der Waals surface area contributed by atoms with Crippen molar-refractivity contribution in [2.24, 2.45) is 0 Å². The number of benzene rings is 1. The van der Waals surface area contributed by atoms with Crippen molar-refractivity contribution in [3.63, 3.8) is 0 Å². The standard InChI is InChI=1S/C12H9ClO6/c1-18-5-3-4(14)6-7(9(5)15)11(17)12(19-2)8(13)10(6)16/h3,16-17H,1-2H3. The van der Waals surface area contributed by atoms with Gasteiger partial charge in [-0.05, 0) is 0 Å². The zero-order valence-electron chi connectivity index (χ0n) is 9.98. The van der Waals surface area contributed by atoms with Gasteiger partial charge in [-0.1, -0.05) is 11.6 Å². The molecule has 2 rings (SSSR count). The van der Waals surface area contributed by atoms with Crippen LogP contribution in [0.2, 0.25) is 5.02 Å². The van der Waals surface area contributed by atoms with Crippen LogP contribution in [0.15, 0.2) is 11.8 Å². The summed E-state index contributed by atoms with van der Waals surface area (Å²) in [5.41, 5.74) is -0.753. The maximum Gasteiger partial charge on any atom is 0.232 e. The van der Waals surface area contributed by atoms with Gasteiger partial charge in [0.25, 0.3) is 0 Å². The molecule has 0 saturated heterocycles. The van der Waals surface area contributed by atoms with E-state index in [0.29, 0.717) is 0 Å². The molecule has 6 nitrogen and oxygen atoms in total. The third-order valence-electron chi connectivity index (χ3n) is 2.73. The SMILES string of the molecule is COC1=CC(=O)c2c(O)c(Cl)c(OC)c(O)c2C1=O. The second-order valence-corrected chi connectivity index (χ2v) is 4.08. The average Bonchev–Trinajstić information content (AvgIpc) is 2.38. The van der Waals surface area contributed by atoms with E-state index in [1.165, 1.54) is 14.2 Å². The van der Waals surface area contributed by atoms with E-state index in [0.717, 1.165) is 6.08 Å². The molecule has 2 N–H and O–H groups in total. The topological polar surface area (TPSA) is 93.1 Å². The Balaban J connectivity index is 2.86. The normalized spacial score (nSPS) is 13.9. The van der Waals surface area contributed by atoms with Crippen molar-refractivity contribution in [2.75, 3.05) is 14.2 Å². The second-order valence-electron chi connectivity index (χ2n) is 3.70. The molecule has 1 aliphatic rings. The number of ketones is 2. The molecule has 0 aliphatic heterocycles. The second kappa shape index (κ2) is 4.47. The number of carbonyl (C=O) groups excluding carboxylic acids is 2. The lowest BCUT2D eigenvalue weighted by Gasteiger charge is -2.19. The summed E-state index contributed by atoms with van der Waals surface area (Å²) < 4.78 is 9.56. The first-order valence-corrected chi connectivity index (χ1v) is 5.47. The smallest absolute Gasteiger partial charge is 0.232 e.